The van der Waals surface area contributed by atoms with Gasteiger partial charge in [0.05, 0.1) is 29.6 Å². The second kappa shape index (κ2) is 14.5. The largest absolute Gasteiger partial charge is 0.449 e. The number of aliphatic hydroxyl groups is 1. The SMILES string of the molecule is C=C[C@@H]1C#C[C@]1(NC(=O)[C@@H]1C[C@@H]2CN1C(=O)[C@H](C(C)(C)C)NC(=O)OCC(C)(C)CC/C=C/c1cccc3[nH]c(cc13)C(O)O2)C(=O)NS(=O)(=O)C1CC1. The molecule has 1 aromatic heterocycles. The average molecular weight is 764 g/mol. The number of ether oxygens (including phenoxy) is 2. The first kappa shape index (κ1) is 39.1. The van der Waals surface area contributed by atoms with Crippen LogP contribution in [-0.4, -0.2) is 89.4 Å². The maximum absolute atomic E-state index is 14.5. The summed E-state index contributed by atoms with van der Waals surface area (Å²) in [6.07, 6.45) is 4.37. The molecule has 15 heteroatoms. The number of rotatable bonds is 6. The second-order valence-corrected chi connectivity index (χ2v) is 18.4. The monoisotopic (exact) mass is 763 g/mol. The second-order valence-electron chi connectivity index (χ2n) is 16.5. The number of H-pyrrole nitrogens is 1. The zero-order valence-corrected chi connectivity index (χ0v) is 32.0. The summed E-state index contributed by atoms with van der Waals surface area (Å²) >= 11 is 0. The minimum absolute atomic E-state index is 0.0865. The molecular weight excluding hydrogens is 715 g/mol. The predicted molar refractivity (Wildman–Crippen MR) is 200 cm³/mol. The predicted octanol–water partition coefficient (Wildman–Crippen LogP) is 3.40. The first-order valence-electron chi connectivity index (χ1n) is 18.2. The molecule has 1 saturated heterocycles. The van der Waals surface area contributed by atoms with Crippen LogP contribution in [0.1, 0.15) is 84.3 Å². The molecule has 0 spiro atoms. The van der Waals surface area contributed by atoms with Gasteiger partial charge in [-0.05, 0) is 54.2 Å². The molecule has 1 aromatic carbocycles. The highest BCUT2D eigenvalue weighted by Crippen LogP contribution is 2.34. The molecule has 1 unspecified atom stereocenters. The fourth-order valence-electron chi connectivity index (χ4n) is 6.96. The number of sulfonamides is 1. The molecule has 290 valence electrons. The van der Waals surface area contributed by atoms with E-state index in [1.807, 2.05) is 44.2 Å². The number of aromatic amines is 1. The van der Waals surface area contributed by atoms with Gasteiger partial charge in [-0.1, -0.05) is 76.8 Å². The topological polar surface area (TPSA) is 196 Å². The number of allylic oxidation sites excluding steroid dienone is 1. The number of alkyl carbamates (subject to hydrolysis) is 1. The molecule has 2 aliphatic heterocycles. The Balaban J connectivity index is 1.33. The number of nitrogens with zero attached hydrogens (tertiary/aromatic N) is 1. The number of hydrogen-bond donors (Lipinski definition) is 5. The Kier molecular flexibility index (Phi) is 10.5. The quantitative estimate of drug-likeness (QED) is 0.217. The van der Waals surface area contributed by atoms with Gasteiger partial charge in [0, 0.05) is 23.9 Å². The summed E-state index contributed by atoms with van der Waals surface area (Å²) in [6, 6.07) is 5.09. The maximum Gasteiger partial charge on any atom is 0.407 e. The molecule has 0 radical (unpaired) electrons. The molecule has 2 aromatic rings. The lowest BCUT2D eigenvalue weighted by molar-refractivity contribution is -0.146. The van der Waals surface area contributed by atoms with Crippen LogP contribution in [0.25, 0.3) is 17.0 Å². The summed E-state index contributed by atoms with van der Waals surface area (Å²) in [6.45, 7) is 12.9. The van der Waals surface area contributed by atoms with Crippen molar-refractivity contribution < 1.29 is 42.2 Å². The van der Waals surface area contributed by atoms with Gasteiger partial charge in [-0.2, -0.15) is 0 Å². The van der Waals surface area contributed by atoms with E-state index in [0.717, 1.165) is 16.5 Å². The third-order valence-corrected chi connectivity index (χ3v) is 12.2. The van der Waals surface area contributed by atoms with Gasteiger partial charge in [0.2, 0.25) is 21.8 Å². The van der Waals surface area contributed by atoms with E-state index in [2.05, 4.69) is 38.8 Å². The third kappa shape index (κ3) is 8.06. The molecule has 14 nitrogen and oxygen atoms in total. The van der Waals surface area contributed by atoms with Gasteiger partial charge in [0.15, 0.2) is 11.8 Å². The van der Waals surface area contributed by atoms with Crippen molar-refractivity contribution in [2.45, 2.75) is 102 Å². The van der Waals surface area contributed by atoms with Gasteiger partial charge in [0.1, 0.15) is 12.1 Å². The van der Waals surface area contributed by atoms with E-state index in [4.69, 9.17) is 9.47 Å². The van der Waals surface area contributed by atoms with Gasteiger partial charge >= 0.3 is 6.09 Å². The molecule has 2 fully saturated rings. The summed E-state index contributed by atoms with van der Waals surface area (Å²) in [5.41, 5.74) is -1.15. The Bertz CT molecular complexity index is 2050. The van der Waals surface area contributed by atoms with Crippen LogP contribution in [0.15, 0.2) is 43.0 Å². The number of aromatic nitrogens is 1. The summed E-state index contributed by atoms with van der Waals surface area (Å²) in [5, 5.41) is 16.9. The number of hydrogen-bond acceptors (Lipinski definition) is 9. The van der Waals surface area contributed by atoms with E-state index < -0.39 is 85.9 Å². The number of carbonyl (C=O) groups is 4. The number of cyclic esters (lactones) is 1. The maximum atomic E-state index is 14.5. The van der Waals surface area contributed by atoms with Crippen molar-refractivity contribution in [2.24, 2.45) is 16.7 Å². The van der Waals surface area contributed by atoms with Crippen LogP contribution in [0.2, 0.25) is 0 Å². The van der Waals surface area contributed by atoms with E-state index in [0.29, 0.717) is 31.4 Å². The summed E-state index contributed by atoms with van der Waals surface area (Å²) in [4.78, 5) is 60.1. The lowest BCUT2D eigenvalue weighted by atomic mass is 9.76. The lowest BCUT2D eigenvalue weighted by Gasteiger charge is -2.39. The van der Waals surface area contributed by atoms with Crippen molar-refractivity contribution >= 4 is 50.8 Å². The Morgan fingerprint density at radius 2 is 1.93 bits per heavy atom. The molecule has 1 saturated carbocycles. The fourth-order valence-corrected chi connectivity index (χ4v) is 8.30. The minimum atomic E-state index is -3.99. The highest BCUT2D eigenvalue weighted by Gasteiger charge is 2.54. The average Bonchev–Trinajstić information content (AvgIpc) is 3.73. The Labute approximate surface area is 315 Å². The van der Waals surface area contributed by atoms with E-state index in [-0.39, 0.29) is 19.6 Å². The molecule has 4 aliphatic rings. The van der Waals surface area contributed by atoms with E-state index in [1.54, 1.807) is 26.8 Å². The van der Waals surface area contributed by atoms with Gasteiger partial charge in [-0.25, -0.2) is 17.9 Å². The van der Waals surface area contributed by atoms with Gasteiger partial charge in [-0.3, -0.25) is 14.4 Å². The van der Waals surface area contributed by atoms with Crippen LogP contribution in [0, 0.1) is 28.6 Å². The van der Waals surface area contributed by atoms with E-state index in [1.165, 1.54) is 11.0 Å². The van der Waals surface area contributed by atoms with E-state index in [9.17, 15) is 32.7 Å². The van der Waals surface area contributed by atoms with Crippen molar-refractivity contribution in [1.29, 1.82) is 0 Å². The van der Waals surface area contributed by atoms with Gasteiger partial charge in [0.25, 0.3) is 5.91 Å². The van der Waals surface area contributed by atoms with Crippen molar-refractivity contribution in [1.82, 2.24) is 25.2 Å². The summed E-state index contributed by atoms with van der Waals surface area (Å²) in [5.74, 6) is 2.02. The highest BCUT2D eigenvalue weighted by molar-refractivity contribution is 7.91. The highest BCUT2D eigenvalue weighted by atomic mass is 32.2. The Hall–Kier alpha value is -4.65. The molecule has 4 amide bonds. The van der Waals surface area contributed by atoms with Crippen molar-refractivity contribution in [3.05, 3.63) is 54.3 Å². The molecule has 6 atom stereocenters. The molecule has 6 rings (SSSR count). The zero-order valence-electron chi connectivity index (χ0n) is 31.2. The number of aliphatic hydroxyl groups excluding tert-OH is 1. The number of nitrogens with one attached hydrogen (secondary N) is 4. The standard InChI is InChI=1S/C39H49N5O9S/c1-7-24-16-18-39(24,35(48)43-54(50,51)26-14-15-26)42-32(45)30-19-25-21-44(30)33(46)31(37(2,3)4)41-36(49)52-22-38(5,6)17-9-8-11-23-12-10-13-28-27(23)20-29(40-28)34(47)53-25/h7-8,10-13,20,24-26,30-31,34,40,47H,1,9,14-15,17,19,21-22H2,2-6H3,(H,41,49)(H,42,45)(H,43,48)/b11-8+/t24-,25-,30+,31-,34?,39-/m1/s1. The fraction of sp³-hybridized carbons (Fsp3) is 0.538. The first-order chi connectivity index (χ1) is 25.3. The van der Waals surface area contributed by atoms with Crippen LogP contribution in [0.5, 0.6) is 0 Å². The zero-order chi connectivity index (χ0) is 39.2. The molecule has 54 heavy (non-hydrogen) atoms. The van der Waals surface area contributed by atoms with Gasteiger partial charge < -0.3 is 35.1 Å². The molecule has 2 aliphatic carbocycles. The van der Waals surface area contributed by atoms with Crippen molar-refractivity contribution in [2.75, 3.05) is 13.2 Å². The molecule has 5 N–H and O–H groups in total. The first-order valence-corrected chi connectivity index (χ1v) is 19.8. The smallest absolute Gasteiger partial charge is 0.407 e. The molecule has 4 bridgehead atoms. The Morgan fingerprint density at radius 3 is 2.57 bits per heavy atom. The molecular formula is C39H49N5O9S. The lowest BCUT2D eigenvalue weighted by Crippen LogP contribution is -2.68. The Morgan fingerprint density at radius 1 is 1.19 bits per heavy atom. The number of amides is 4. The van der Waals surface area contributed by atoms with Crippen LogP contribution < -0.4 is 15.4 Å². The van der Waals surface area contributed by atoms with Crippen LogP contribution >= 0.6 is 0 Å². The summed E-state index contributed by atoms with van der Waals surface area (Å²) < 4.78 is 39.3. The minimum Gasteiger partial charge on any atom is -0.449 e. The number of carbonyl (C=O) groups excluding carboxylic acids is 4. The van der Waals surface area contributed by atoms with Crippen LogP contribution in [-0.2, 0) is 33.9 Å². The normalized spacial score (nSPS) is 29.5. The third-order valence-electron chi connectivity index (χ3n) is 10.4. The van der Waals surface area contributed by atoms with Crippen molar-refractivity contribution in [3.63, 3.8) is 0 Å². The number of benzene rings is 1. The summed E-state index contributed by atoms with van der Waals surface area (Å²) in [7, 11) is -3.99. The number of fused-ring (bicyclic) bond motifs is 3. The van der Waals surface area contributed by atoms with Crippen LogP contribution in [0.4, 0.5) is 4.79 Å². The molecule has 3 heterocycles. The van der Waals surface area contributed by atoms with E-state index >= 15 is 0 Å². The van der Waals surface area contributed by atoms with Crippen molar-refractivity contribution in [3.8, 4) is 11.8 Å². The van der Waals surface area contributed by atoms with Crippen LogP contribution in [0.3, 0.4) is 0 Å². The van der Waals surface area contributed by atoms with Gasteiger partial charge in [-0.15, -0.1) is 6.58 Å².